The van der Waals surface area contributed by atoms with Gasteiger partial charge in [-0.05, 0) is 36.5 Å². The third-order valence-corrected chi connectivity index (χ3v) is 3.50. The molecule has 4 heteroatoms. The van der Waals surface area contributed by atoms with E-state index in [-0.39, 0.29) is 11.1 Å². The molecule has 0 radical (unpaired) electrons. The Labute approximate surface area is 119 Å². The molecule has 0 spiro atoms. The second-order valence-corrected chi connectivity index (χ2v) is 4.90. The number of aromatic carboxylic acids is 2. The monoisotopic (exact) mass is 278 g/mol. The van der Waals surface area contributed by atoms with Crippen LogP contribution in [0.25, 0.3) is 0 Å². The zero-order valence-corrected chi connectivity index (χ0v) is 12.1. The van der Waals surface area contributed by atoms with Crippen LogP contribution in [0.3, 0.4) is 0 Å². The number of unbranched alkanes of at least 4 members (excludes halogenated alkanes) is 3. The first-order chi connectivity index (χ1) is 9.52. The number of hydrogen-bond acceptors (Lipinski definition) is 2. The van der Waals surface area contributed by atoms with Gasteiger partial charge in [0.1, 0.15) is 0 Å². The first-order valence-corrected chi connectivity index (χ1v) is 7.14. The van der Waals surface area contributed by atoms with E-state index in [1.807, 2.05) is 6.92 Å². The lowest BCUT2D eigenvalue weighted by molar-refractivity contribution is 0.0694. The molecule has 110 valence electrons. The van der Waals surface area contributed by atoms with Crippen molar-refractivity contribution in [1.29, 1.82) is 0 Å². The summed E-state index contributed by atoms with van der Waals surface area (Å²) in [6, 6.07) is 3.14. The lowest BCUT2D eigenvalue weighted by Gasteiger charge is -2.13. The van der Waals surface area contributed by atoms with Gasteiger partial charge in [-0.2, -0.15) is 0 Å². The molecule has 1 aromatic carbocycles. The summed E-state index contributed by atoms with van der Waals surface area (Å²) in [5, 5.41) is 18.6. The topological polar surface area (TPSA) is 74.6 Å². The molecular formula is C16H22O4. The molecule has 0 saturated heterocycles. The van der Waals surface area contributed by atoms with E-state index in [2.05, 4.69) is 6.92 Å². The van der Waals surface area contributed by atoms with Gasteiger partial charge in [-0.25, -0.2) is 9.59 Å². The van der Waals surface area contributed by atoms with Gasteiger partial charge in [0.05, 0.1) is 11.1 Å². The molecule has 0 aliphatic carbocycles. The van der Waals surface area contributed by atoms with E-state index < -0.39 is 11.9 Å². The first-order valence-electron chi connectivity index (χ1n) is 7.14. The largest absolute Gasteiger partial charge is 0.478 e. The van der Waals surface area contributed by atoms with Crippen LogP contribution >= 0.6 is 0 Å². The summed E-state index contributed by atoms with van der Waals surface area (Å²) in [5.41, 5.74) is 1.48. The Morgan fingerprint density at radius 3 is 2.20 bits per heavy atom. The van der Waals surface area contributed by atoms with Gasteiger partial charge >= 0.3 is 11.9 Å². The number of hydrogen-bond donors (Lipinski definition) is 2. The second-order valence-electron chi connectivity index (χ2n) is 4.90. The molecule has 1 rings (SSSR count). The summed E-state index contributed by atoms with van der Waals surface area (Å²) < 4.78 is 0. The van der Waals surface area contributed by atoms with Gasteiger partial charge in [-0.15, -0.1) is 0 Å². The number of benzene rings is 1. The summed E-state index contributed by atoms with van der Waals surface area (Å²) in [4.78, 5) is 22.8. The molecule has 0 aromatic heterocycles. The Kier molecular flexibility index (Phi) is 6.22. The molecule has 0 amide bonds. The molecule has 20 heavy (non-hydrogen) atoms. The van der Waals surface area contributed by atoms with Crippen molar-refractivity contribution in [3.8, 4) is 0 Å². The van der Waals surface area contributed by atoms with Crippen molar-refractivity contribution in [2.24, 2.45) is 0 Å². The maximum atomic E-state index is 11.5. The van der Waals surface area contributed by atoms with Crippen LogP contribution in [0.5, 0.6) is 0 Å². The highest BCUT2D eigenvalue weighted by Gasteiger charge is 2.21. The molecule has 0 aliphatic heterocycles. The standard InChI is InChI=1S/C16H22O4/c1-3-5-6-7-8-12-13(15(17)18)10-9-11(4-2)14(12)16(19)20/h9-10H,3-8H2,1-2H3,(H,17,18)(H,19,20). The molecule has 0 heterocycles. The summed E-state index contributed by atoms with van der Waals surface area (Å²) in [6.07, 6.45) is 5.08. The normalized spacial score (nSPS) is 10.5. The Morgan fingerprint density at radius 2 is 1.70 bits per heavy atom. The Bertz CT molecular complexity index is 491. The van der Waals surface area contributed by atoms with Gasteiger partial charge in [0.25, 0.3) is 0 Å². The number of rotatable bonds is 8. The maximum Gasteiger partial charge on any atom is 0.336 e. The molecule has 0 atom stereocenters. The zero-order valence-electron chi connectivity index (χ0n) is 12.1. The predicted molar refractivity (Wildman–Crippen MR) is 77.6 cm³/mol. The van der Waals surface area contributed by atoms with Crippen molar-refractivity contribution in [2.75, 3.05) is 0 Å². The third-order valence-electron chi connectivity index (χ3n) is 3.50. The molecule has 2 N–H and O–H groups in total. The lowest BCUT2D eigenvalue weighted by atomic mass is 9.91. The van der Waals surface area contributed by atoms with E-state index in [4.69, 9.17) is 0 Å². The van der Waals surface area contributed by atoms with Crippen molar-refractivity contribution in [3.63, 3.8) is 0 Å². The van der Waals surface area contributed by atoms with E-state index in [1.165, 1.54) is 6.07 Å². The SMILES string of the molecule is CCCCCCc1c(C(=O)O)ccc(CC)c1C(=O)O. The average molecular weight is 278 g/mol. The van der Waals surface area contributed by atoms with Crippen LogP contribution in [0, 0.1) is 0 Å². The Morgan fingerprint density at radius 1 is 1.00 bits per heavy atom. The van der Waals surface area contributed by atoms with Gasteiger partial charge < -0.3 is 10.2 Å². The van der Waals surface area contributed by atoms with Gasteiger partial charge in [0.15, 0.2) is 0 Å². The molecule has 1 aromatic rings. The van der Waals surface area contributed by atoms with Gasteiger partial charge in [0, 0.05) is 0 Å². The highest BCUT2D eigenvalue weighted by Crippen LogP contribution is 2.23. The second kappa shape index (κ2) is 7.68. The van der Waals surface area contributed by atoms with Crippen LogP contribution < -0.4 is 0 Å². The summed E-state index contributed by atoms with van der Waals surface area (Å²) in [7, 11) is 0. The van der Waals surface area contributed by atoms with Crippen molar-refractivity contribution in [3.05, 3.63) is 34.4 Å². The quantitative estimate of drug-likeness (QED) is 0.710. The zero-order chi connectivity index (χ0) is 15.1. The van der Waals surface area contributed by atoms with Crippen molar-refractivity contribution >= 4 is 11.9 Å². The van der Waals surface area contributed by atoms with E-state index >= 15 is 0 Å². The fourth-order valence-electron chi connectivity index (χ4n) is 2.45. The van der Waals surface area contributed by atoms with E-state index in [0.29, 0.717) is 24.0 Å². The number of carbonyl (C=O) groups is 2. The molecule has 0 bridgehead atoms. The summed E-state index contributed by atoms with van der Waals surface area (Å²) in [6.45, 7) is 3.98. The minimum Gasteiger partial charge on any atom is -0.478 e. The average Bonchev–Trinajstić information content (AvgIpc) is 2.42. The molecule has 4 nitrogen and oxygen atoms in total. The fraction of sp³-hybridized carbons (Fsp3) is 0.500. The Balaban J connectivity index is 3.18. The Hall–Kier alpha value is -1.84. The van der Waals surface area contributed by atoms with Gasteiger partial charge in [0.2, 0.25) is 0 Å². The lowest BCUT2D eigenvalue weighted by Crippen LogP contribution is -2.13. The third kappa shape index (κ3) is 3.83. The highest BCUT2D eigenvalue weighted by atomic mass is 16.4. The number of carboxylic acids is 2. The van der Waals surface area contributed by atoms with Crippen molar-refractivity contribution in [2.45, 2.75) is 52.4 Å². The maximum absolute atomic E-state index is 11.5. The minimum atomic E-state index is -1.05. The van der Waals surface area contributed by atoms with Crippen LogP contribution in [0.2, 0.25) is 0 Å². The van der Waals surface area contributed by atoms with Crippen LogP contribution in [-0.2, 0) is 12.8 Å². The van der Waals surface area contributed by atoms with Crippen molar-refractivity contribution in [1.82, 2.24) is 0 Å². The number of carboxylic acid groups (broad SMARTS) is 2. The summed E-state index contributed by atoms with van der Waals surface area (Å²) in [5.74, 6) is -2.09. The fourth-order valence-corrected chi connectivity index (χ4v) is 2.45. The molecule has 0 aliphatic rings. The highest BCUT2D eigenvalue weighted by molar-refractivity contribution is 5.97. The minimum absolute atomic E-state index is 0.121. The number of aryl methyl sites for hydroxylation is 1. The van der Waals surface area contributed by atoms with E-state index in [0.717, 1.165) is 25.7 Å². The molecule has 0 unspecified atom stereocenters. The van der Waals surface area contributed by atoms with Crippen LogP contribution in [0.1, 0.15) is 71.4 Å². The molecule has 0 fully saturated rings. The van der Waals surface area contributed by atoms with Crippen LogP contribution in [-0.4, -0.2) is 22.2 Å². The molecule has 0 saturated carbocycles. The van der Waals surface area contributed by atoms with E-state index in [1.54, 1.807) is 6.07 Å². The van der Waals surface area contributed by atoms with E-state index in [9.17, 15) is 19.8 Å². The van der Waals surface area contributed by atoms with Gasteiger partial charge in [-0.1, -0.05) is 39.2 Å². The van der Waals surface area contributed by atoms with Gasteiger partial charge in [-0.3, -0.25) is 0 Å². The molecular weight excluding hydrogens is 256 g/mol. The van der Waals surface area contributed by atoms with Crippen LogP contribution in [0.4, 0.5) is 0 Å². The summed E-state index contributed by atoms with van der Waals surface area (Å²) >= 11 is 0. The smallest absolute Gasteiger partial charge is 0.336 e. The van der Waals surface area contributed by atoms with Crippen LogP contribution in [0.15, 0.2) is 12.1 Å². The van der Waals surface area contributed by atoms with Crippen molar-refractivity contribution < 1.29 is 19.8 Å². The first kappa shape index (κ1) is 16.2. The predicted octanol–water partition coefficient (Wildman–Crippen LogP) is 3.77.